The maximum atomic E-state index is 4.89. The number of aryl methyl sites for hydroxylation is 3. The number of hydrogen-bond donors (Lipinski definition) is 0. The zero-order chi connectivity index (χ0) is 19.3. The summed E-state index contributed by atoms with van der Waals surface area (Å²) in [5, 5.41) is 2.26. The highest BCUT2D eigenvalue weighted by Gasteiger charge is 2.05. The second-order valence-corrected chi connectivity index (χ2v) is 7.00. The van der Waals surface area contributed by atoms with Gasteiger partial charge < -0.3 is 0 Å². The smallest absolute Gasteiger partial charge is 0.0967 e. The Bertz CT molecular complexity index is 1120. The molecule has 0 atom stereocenters. The highest BCUT2D eigenvalue weighted by Crippen LogP contribution is 2.26. The molecule has 140 valence electrons. The van der Waals surface area contributed by atoms with Gasteiger partial charge in [-0.1, -0.05) is 56.3 Å². The maximum absolute atomic E-state index is 4.89. The van der Waals surface area contributed by atoms with E-state index >= 15 is 0 Å². The SMILES string of the molecule is CCc1cccc(CC)c1N=CCCc1ccc2ccc3cccnc3c2n1. The molecule has 0 radical (unpaired) electrons. The van der Waals surface area contributed by atoms with Crippen LogP contribution in [0, 0.1) is 0 Å². The Balaban J connectivity index is 1.55. The number of nitrogens with zero attached hydrogens (tertiary/aromatic N) is 3. The molecule has 0 aliphatic rings. The highest BCUT2D eigenvalue weighted by atomic mass is 14.8. The number of aliphatic imine (C=N–C) groups is 1. The van der Waals surface area contributed by atoms with Crippen LogP contribution >= 0.6 is 0 Å². The van der Waals surface area contributed by atoms with E-state index in [9.17, 15) is 0 Å². The number of fused-ring (bicyclic) bond motifs is 3. The lowest BCUT2D eigenvalue weighted by atomic mass is 10.0. The third-order valence-corrected chi connectivity index (χ3v) is 5.20. The summed E-state index contributed by atoms with van der Waals surface area (Å²) in [7, 11) is 0. The van der Waals surface area contributed by atoms with Crippen LogP contribution in [-0.4, -0.2) is 16.2 Å². The highest BCUT2D eigenvalue weighted by molar-refractivity contribution is 6.02. The van der Waals surface area contributed by atoms with Crippen LogP contribution in [0.1, 0.15) is 37.1 Å². The third kappa shape index (κ3) is 3.65. The van der Waals surface area contributed by atoms with Crippen molar-refractivity contribution in [3.63, 3.8) is 0 Å². The molecule has 4 rings (SSSR count). The molecule has 0 unspecified atom stereocenters. The minimum Gasteiger partial charge on any atom is -0.261 e. The first-order valence-corrected chi connectivity index (χ1v) is 10.1. The van der Waals surface area contributed by atoms with Gasteiger partial charge in [-0.05, 0) is 48.9 Å². The van der Waals surface area contributed by atoms with Crippen molar-refractivity contribution in [1.29, 1.82) is 0 Å². The molecule has 0 saturated carbocycles. The van der Waals surface area contributed by atoms with Crippen molar-refractivity contribution < 1.29 is 0 Å². The summed E-state index contributed by atoms with van der Waals surface area (Å²) in [5.41, 5.74) is 6.82. The summed E-state index contributed by atoms with van der Waals surface area (Å²) >= 11 is 0. The monoisotopic (exact) mass is 367 g/mol. The molecule has 0 fully saturated rings. The Morgan fingerprint density at radius 2 is 1.54 bits per heavy atom. The molecule has 4 aromatic rings. The largest absolute Gasteiger partial charge is 0.261 e. The molecular formula is C25H25N3. The molecule has 28 heavy (non-hydrogen) atoms. The first-order valence-electron chi connectivity index (χ1n) is 10.1. The summed E-state index contributed by atoms with van der Waals surface area (Å²) in [6.45, 7) is 4.37. The molecule has 0 saturated heterocycles. The number of para-hydroxylation sites is 1. The minimum absolute atomic E-state index is 0.873. The van der Waals surface area contributed by atoms with Crippen molar-refractivity contribution in [2.24, 2.45) is 4.99 Å². The van der Waals surface area contributed by atoms with Crippen LogP contribution in [0.3, 0.4) is 0 Å². The first-order chi connectivity index (χ1) is 13.8. The fraction of sp³-hybridized carbons (Fsp3) is 0.240. The molecule has 3 heteroatoms. The predicted octanol–water partition coefficient (Wildman–Crippen LogP) is 6.24. The van der Waals surface area contributed by atoms with Gasteiger partial charge in [0.25, 0.3) is 0 Å². The average molecular weight is 367 g/mol. The quantitative estimate of drug-likeness (QED) is 0.299. The van der Waals surface area contributed by atoms with Gasteiger partial charge in [-0.2, -0.15) is 0 Å². The van der Waals surface area contributed by atoms with E-state index in [1.165, 1.54) is 11.1 Å². The van der Waals surface area contributed by atoms with Crippen LogP contribution in [-0.2, 0) is 19.3 Å². The van der Waals surface area contributed by atoms with E-state index in [2.05, 4.69) is 67.4 Å². The molecule has 0 amide bonds. The van der Waals surface area contributed by atoms with E-state index in [4.69, 9.17) is 9.98 Å². The van der Waals surface area contributed by atoms with E-state index in [1.807, 2.05) is 18.5 Å². The van der Waals surface area contributed by atoms with Crippen molar-refractivity contribution in [3.8, 4) is 0 Å². The molecule has 0 bridgehead atoms. The summed E-state index contributed by atoms with van der Waals surface area (Å²) < 4.78 is 0. The number of pyridine rings is 2. The van der Waals surface area contributed by atoms with Gasteiger partial charge in [-0.25, -0.2) is 0 Å². The Morgan fingerprint density at radius 1 is 0.821 bits per heavy atom. The fourth-order valence-corrected chi connectivity index (χ4v) is 3.65. The zero-order valence-electron chi connectivity index (χ0n) is 16.5. The molecule has 2 heterocycles. The Kier molecular flexibility index (Phi) is 5.43. The molecule has 0 spiro atoms. The zero-order valence-corrected chi connectivity index (χ0v) is 16.5. The van der Waals surface area contributed by atoms with Crippen molar-refractivity contribution in [1.82, 2.24) is 9.97 Å². The summed E-state index contributed by atoms with van der Waals surface area (Å²) in [4.78, 5) is 14.2. The van der Waals surface area contributed by atoms with E-state index in [-0.39, 0.29) is 0 Å². The number of hydrogen-bond acceptors (Lipinski definition) is 3. The molecule has 3 nitrogen and oxygen atoms in total. The maximum Gasteiger partial charge on any atom is 0.0967 e. The Morgan fingerprint density at radius 3 is 2.29 bits per heavy atom. The van der Waals surface area contributed by atoms with Gasteiger partial charge >= 0.3 is 0 Å². The van der Waals surface area contributed by atoms with Gasteiger partial charge in [0, 0.05) is 28.9 Å². The van der Waals surface area contributed by atoms with Gasteiger partial charge in [-0.3, -0.25) is 15.0 Å². The standard InChI is InChI=1S/C25H25N3/c1-3-18-8-5-9-19(4-2)23(18)26-17-7-11-22-15-14-21-13-12-20-10-6-16-27-24(20)25(21)28-22/h5-6,8-10,12-17H,3-4,7,11H2,1-2H3. The van der Waals surface area contributed by atoms with E-state index < -0.39 is 0 Å². The number of rotatable bonds is 6. The molecule has 2 aromatic heterocycles. The van der Waals surface area contributed by atoms with E-state index in [0.29, 0.717) is 0 Å². The van der Waals surface area contributed by atoms with Crippen molar-refractivity contribution in [2.45, 2.75) is 39.5 Å². The van der Waals surface area contributed by atoms with E-state index in [1.54, 1.807) is 0 Å². The van der Waals surface area contributed by atoms with Crippen LogP contribution in [0.25, 0.3) is 21.8 Å². The summed E-state index contributed by atoms with van der Waals surface area (Å²) in [6, 6.07) is 19.0. The topological polar surface area (TPSA) is 38.1 Å². The number of benzene rings is 2. The van der Waals surface area contributed by atoms with Gasteiger partial charge in [0.05, 0.1) is 16.7 Å². The van der Waals surface area contributed by atoms with Crippen LogP contribution in [0.4, 0.5) is 5.69 Å². The molecule has 2 aromatic carbocycles. The van der Waals surface area contributed by atoms with Crippen LogP contribution in [0.2, 0.25) is 0 Å². The fourth-order valence-electron chi connectivity index (χ4n) is 3.65. The van der Waals surface area contributed by atoms with Crippen LogP contribution < -0.4 is 0 Å². The van der Waals surface area contributed by atoms with Crippen molar-refractivity contribution in [2.75, 3.05) is 0 Å². The third-order valence-electron chi connectivity index (χ3n) is 5.20. The van der Waals surface area contributed by atoms with Gasteiger partial charge in [0.2, 0.25) is 0 Å². The minimum atomic E-state index is 0.873. The second kappa shape index (κ2) is 8.30. The van der Waals surface area contributed by atoms with Crippen LogP contribution in [0.15, 0.2) is 65.8 Å². The lowest BCUT2D eigenvalue weighted by Gasteiger charge is -2.08. The molecule has 0 N–H and O–H groups in total. The van der Waals surface area contributed by atoms with Gasteiger partial charge in [-0.15, -0.1) is 0 Å². The van der Waals surface area contributed by atoms with Gasteiger partial charge in [0.15, 0.2) is 0 Å². The lowest BCUT2D eigenvalue weighted by molar-refractivity contribution is 0.994. The molecular weight excluding hydrogens is 342 g/mol. The Labute approximate surface area is 166 Å². The van der Waals surface area contributed by atoms with E-state index in [0.717, 1.165) is 58.9 Å². The molecule has 0 aliphatic carbocycles. The normalized spacial score (nSPS) is 11.6. The first kappa shape index (κ1) is 18.3. The van der Waals surface area contributed by atoms with Crippen LogP contribution in [0.5, 0.6) is 0 Å². The lowest BCUT2D eigenvalue weighted by Crippen LogP contribution is -1.94. The molecule has 0 aliphatic heterocycles. The summed E-state index contributed by atoms with van der Waals surface area (Å²) in [6.07, 6.45) is 7.64. The average Bonchev–Trinajstić information content (AvgIpc) is 2.76. The number of aromatic nitrogens is 2. The summed E-state index contributed by atoms with van der Waals surface area (Å²) in [5.74, 6) is 0. The second-order valence-electron chi connectivity index (χ2n) is 7.00. The Hall–Kier alpha value is -3.07. The van der Waals surface area contributed by atoms with Gasteiger partial charge in [0.1, 0.15) is 0 Å². The predicted molar refractivity (Wildman–Crippen MR) is 119 cm³/mol. The van der Waals surface area contributed by atoms with Crippen molar-refractivity contribution in [3.05, 3.63) is 77.6 Å². The van der Waals surface area contributed by atoms with Crippen molar-refractivity contribution >= 4 is 33.7 Å².